The van der Waals surface area contributed by atoms with Crippen molar-refractivity contribution in [3.63, 3.8) is 0 Å². The number of piperidine rings is 1. The van der Waals surface area contributed by atoms with Gasteiger partial charge in [0.1, 0.15) is 17.4 Å². The Morgan fingerprint density at radius 1 is 1.11 bits per heavy atom. The number of nitrogens with zero attached hydrogens (tertiary/aromatic N) is 1. The molecule has 7 heteroatoms. The Bertz CT molecular complexity index is 861. The highest BCUT2D eigenvalue weighted by Gasteiger charge is 2.40. The summed E-state index contributed by atoms with van der Waals surface area (Å²) in [6.45, 7) is 0. The molecule has 0 unspecified atom stereocenters. The van der Waals surface area contributed by atoms with E-state index >= 15 is 0 Å². The Labute approximate surface area is 167 Å². The third-order valence-corrected chi connectivity index (χ3v) is 6.40. The summed E-state index contributed by atoms with van der Waals surface area (Å²) in [7, 11) is 0. The van der Waals surface area contributed by atoms with E-state index in [1.54, 1.807) is 18.2 Å². The van der Waals surface area contributed by atoms with Crippen LogP contribution in [0.5, 0.6) is 0 Å². The Kier molecular flexibility index (Phi) is 4.42. The highest BCUT2D eigenvalue weighted by atomic mass is 35.5. The molecule has 1 aromatic heterocycles. The van der Waals surface area contributed by atoms with Crippen LogP contribution in [0.25, 0.3) is 11.3 Å². The normalized spacial score (nSPS) is 27.0. The van der Waals surface area contributed by atoms with E-state index in [0.29, 0.717) is 44.7 Å². The van der Waals surface area contributed by atoms with Crippen molar-refractivity contribution in [2.24, 2.45) is 0 Å². The van der Waals surface area contributed by atoms with Crippen LogP contribution in [0.15, 0.2) is 22.7 Å². The van der Waals surface area contributed by atoms with E-state index in [4.69, 9.17) is 32.5 Å². The first-order valence-corrected chi connectivity index (χ1v) is 10.3. The molecule has 142 valence electrons. The van der Waals surface area contributed by atoms with Gasteiger partial charge in [0.05, 0.1) is 10.0 Å². The van der Waals surface area contributed by atoms with Crippen molar-refractivity contribution >= 4 is 29.2 Å². The molecule has 5 nitrogen and oxygen atoms in total. The lowest BCUT2D eigenvalue weighted by molar-refractivity contribution is 0.0175. The number of ether oxygens (including phenoxy) is 1. The van der Waals surface area contributed by atoms with Crippen LogP contribution in [0, 0.1) is 0 Å². The molecule has 1 saturated carbocycles. The summed E-state index contributed by atoms with van der Waals surface area (Å²) < 4.78 is 11.5. The minimum atomic E-state index is -0.379. The Hall–Kier alpha value is -1.56. The predicted molar refractivity (Wildman–Crippen MR) is 102 cm³/mol. The van der Waals surface area contributed by atoms with Gasteiger partial charge >= 0.3 is 5.97 Å². The molecule has 2 aliphatic heterocycles. The molecule has 27 heavy (non-hydrogen) atoms. The van der Waals surface area contributed by atoms with Crippen molar-refractivity contribution in [3.05, 3.63) is 39.6 Å². The highest BCUT2D eigenvalue weighted by Crippen LogP contribution is 2.46. The SMILES string of the molecule is O=C(O[C@H]1C[C@H]2CC[C@@H](C1)N2)c1c(-c2c(Cl)cccc2Cl)noc1C1CC1. The number of rotatable bonds is 4. The summed E-state index contributed by atoms with van der Waals surface area (Å²) in [6.07, 6.45) is 5.92. The summed E-state index contributed by atoms with van der Waals surface area (Å²) in [5.74, 6) is 0.442. The van der Waals surface area contributed by atoms with Crippen molar-refractivity contribution < 1.29 is 14.1 Å². The molecular weight excluding hydrogens is 387 g/mol. The van der Waals surface area contributed by atoms with Gasteiger partial charge in [-0.25, -0.2) is 4.79 Å². The molecule has 1 N–H and O–H groups in total. The topological polar surface area (TPSA) is 64.4 Å². The molecule has 3 heterocycles. The lowest BCUT2D eigenvalue weighted by Crippen LogP contribution is -2.42. The monoisotopic (exact) mass is 406 g/mol. The van der Waals surface area contributed by atoms with Crippen molar-refractivity contribution in [2.75, 3.05) is 0 Å². The largest absolute Gasteiger partial charge is 0.459 e. The number of carbonyl (C=O) groups is 1. The van der Waals surface area contributed by atoms with Crippen molar-refractivity contribution in [1.82, 2.24) is 10.5 Å². The molecule has 0 radical (unpaired) electrons. The van der Waals surface area contributed by atoms with Crippen LogP contribution >= 0.6 is 23.2 Å². The Morgan fingerprint density at radius 3 is 2.41 bits per heavy atom. The zero-order valence-electron chi connectivity index (χ0n) is 14.7. The van der Waals surface area contributed by atoms with Gasteiger partial charge in [0.2, 0.25) is 0 Å². The van der Waals surface area contributed by atoms with Crippen molar-refractivity contribution in [3.8, 4) is 11.3 Å². The van der Waals surface area contributed by atoms with Gasteiger partial charge in [-0.1, -0.05) is 34.4 Å². The van der Waals surface area contributed by atoms with Crippen LogP contribution < -0.4 is 5.32 Å². The quantitative estimate of drug-likeness (QED) is 0.726. The van der Waals surface area contributed by atoms with Gasteiger partial charge in [0.25, 0.3) is 0 Å². The molecule has 2 bridgehead atoms. The number of fused-ring (bicyclic) bond motifs is 2. The maximum absolute atomic E-state index is 13.1. The summed E-state index contributed by atoms with van der Waals surface area (Å²) in [5, 5.41) is 8.61. The van der Waals surface area contributed by atoms with Crippen molar-refractivity contribution in [1.29, 1.82) is 0 Å². The first-order chi connectivity index (χ1) is 13.1. The zero-order chi connectivity index (χ0) is 18.5. The van der Waals surface area contributed by atoms with E-state index < -0.39 is 0 Å². The molecule has 0 amide bonds. The van der Waals surface area contributed by atoms with Crippen LogP contribution in [0.1, 0.15) is 60.6 Å². The third kappa shape index (κ3) is 3.26. The first kappa shape index (κ1) is 17.5. The second-order valence-corrected chi connectivity index (χ2v) is 8.59. The maximum Gasteiger partial charge on any atom is 0.344 e. The Balaban J connectivity index is 1.49. The van der Waals surface area contributed by atoms with E-state index in [-0.39, 0.29) is 18.0 Å². The second-order valence-electron chi connectivity index (χ2n) is 7.78. The minimum absolute atomic E-state index is 0.0761. The lowest BCUT2D eigenvalue weighted by Gasteiger charge is -2.28. The van der Waals surface area contributed by atoms with Crippen LogP contribution in [-0.4, -0.2) is 29.3 Å². The molecule has 2 aromatic rings. The number of benzene rings is 1. The van der Waals surface area contributed by atoms with Gasteiger partial charge in [-0.15, -0.1) is 0 Å². The van der Waals surface area contributed by atoms with Crippen molar-refractivity contribution in [2.45, 2.75) is 62.6 Å². The van der Waals surface area contributed by atoms with Gasteiger partial charge in [-0.2, -0.15) is 0 Å². The fourth-order valence-corrected chi connectivity index (χ4v) is 4.91. The number of esters is 1. The van der Waals surface area contributed by atoms with Crippen LogP contribution in [-0.2, 0) is 4.74 Å². The number of nitrogens with one attached hydrogen (secondary N) is 1. The molecule has 3 atom stereocenters. The number of hydrogen-bond donors (Lipinski definition) is 1. The van der Waals surface area contributed by atoms with Gasteiger partial charge in [0.15, 0.2) is 5.76 Å². The zero-order valence-corrected chi connectivity index (χ0v) is 16.2. The van der Waals surface area contributed by atoms with E-state index in [9.17, 15) is 4.79 Å². The molecule has 1 aromatic carbocycles. The lowest BCUT2D eigenvalue weighted by atomic mass is 10.0. The van der Waals surface area contributed by atoms with Gasteiger partial charge in [-0.3, -0.25) is 0 Å². The maximum atomic E-state index is 13.1. The highest BCUT2D eigenvalue weighted by molar-refractivity contribution is 6.39. The number of hydrogen-bond acceptors (Lipinski definition) is 5. The average Bonchev–Trinajstić information content (AvgIpc) is 3.30. The fourth-order valence-electron chi connectivity index (χ4n) is 4.33. The summed E-state index contributed by atoms with van der Waals surface area (Å²) in [4.78, 5) is 13.1. The molecule has 1 aliphatic carbocycles. The molecule has 5 rings (SSSR count). The molecule has 3 aliphatic rings. The van der Waals surface area contributed by atoms with Gasteiger partial charge in [0, 0.05) is 23.6 Å². The number of halogens is 2. The second kappa shape index (κ2) is 6.80. The van der Waals surface area contributed by atoms with E-state index in [2.05, 4.69) is 10.5 Å². The first-order valence-electron chi connectivity index (χ1n) is 9.51. The smallest absolute Gasteiger partial charge is 0.344 e. The third-order valence-electron chi connectivity index (χ3n) is 5.77. The Morgan fingerprint density at radius 2 is 1.78 bits per heavy atom. The standard InChI is InChI=1S/C20H20Cl2N2O3/c21-14-2-1-3-15(22)16(14)18-17(19(27-24-18)10-4-5-10)20(25)26-13-8-11-6-7-12(9-13)23-11/h1-3,10-13,23H,4-9H2/t11-,12+,13+. The average molecular weight is 407 g/mol. The van der Waals surface area contributed by atoms with E-state index in [1.807, 2.05) is 0 Å². The molecule has 2 saturated heterocycles. The summed E-state index contributed by atoms with van der Waals surface area (Å²) >= 11 is 12.7. The molecular formula is C20H20Cl2N2O3. The van der Waals surface area contributed by atoms with Gasteiger partial charge < -0.3 is 14.6 Å². The van der Waals surface area contributed by atoms with Crippen LogP contribution in [0.2, 0.25) is 10.0 Å². The summed E-state index contributed by atoms with van der Waals surface area (Å²) in [6, 6.07) is 6.12. The van der Waals surface area contributed by atoms with Gasteiger partial charge in [-0.05, 0) is 50.7 Å². The van der Waals surface area contributed by atoms with E-state index in [0.717, 1.165) is 38.5 Å². The van der Waals surface area contributed by atoms with Crippen LogP contribution in [0.3, 0.4) is 0 Å². The predicted octanol–water partition coefficient (Wildman–Crippen LogP) is 4.97. The number of aromatic nitrogens is 1. The molecule has 0 spiro atoms. The fraction of sp³-hybridized carbons (Fsp3) is 0.500. The minimum Gasteiger partial charge on any atom is -0.459 e. The van der Waals surface area contributed by atoms with Crippen LogP contribution in [0.4, 0.5) is 0 Å². The molecule has 3 fully saturated rings. The van der Waals surface area contributed by atoms with E-state index in [1.165, 1.54) is 0 Å². The summed E-state index contributed by atoms with van der Waals surface area (Å²) in [5.41, 5.74) is 1.29. The number of carbonyl (C=O) groups excluding carboxylic acids is 1.